The molecule has 0 saturated heterocycles. The molecule has 0 aliphatic rings. The van der Waals surface area contributed by atoms with Crippen molar-refractivity contribution >= 4 is 17.6 Å². The van der Waals surface area contributed by atoms with Crippen LogP contribution in [0.5, 0.6) is 11.5 Å². The summed E-state index contributed by atoms with van der Waals surface area (Å²) >= 11 is 0. The van der Waals surface area contributed by atoms with Gasteiger partial charge in [-0.25, -0.2) is 4.79 Å². The third-order valence-electron chi connectivity index (χ3n) is 3.56. The molecule has 7 nitrogen and oxygen atoms in total. The standard InChI is InChI=1S/C19H19NO6/c1-2-3-4-5-18(21)25-16-10-6-14(7-11-16)19(22)26-17-12-8-15(9-13-17)20(23)24/h6-13H,2-5H2,1H3. The molecule has 2 aromatic carbocycles. The van der Waals surface area contributed by atoms with Crippen LogP contribution in [0, 0.1) is 10.1 Å². The summed E-state index contributed by atoms with van der Waals surface area (Å²) in [4.78, 5) is 33.8. The number of carbonyl (C=O) groups is 2. The molecule has 2 aromatic rings. The van der Waals surface area contributed by atoms with E-state index in [0.717, 1.165) is 19.3 Å². The molecule has 0 heterocycles. The summed E-state index contributed by atoms with van der Waals surface area (Å²) in [5.74, 6) is -0.357. The molecule has 136 valence electrons. The first-order valence-electron chi connectivity index (χ1n) is 8.27. The van der Waals surface area contributed by atoms with Crippen molar-refractivity contribution in [3.05, 3.63) is 64.2 Å². The van der Waals surface area contributed by atoms with Gasteiger partial charge in [0, 0.05) is 18.6 Å². The molecular formula is C19H19NO6. The van der Waals surface area contributed by atoms with Crippen molar-refractivity contribution in [3.8, 4) is 11.5 Å². The molecule has 0 aliphatic carbocycles. The maximum atomic E-state index is 12.1. The van der Waals surface area contributed by atoms with E-state index in [9.17, 15) is 19.7 Å². The van der Waals surface area contributed by atoms with E-state index < -0.39 is 10.9 Å². The van der Waals surface area contributed by atoms with E-state index in [1.54, 1.807) is 0 Å². The van der Waals surface area contributed by atoms with Crippen molar-refractivity contribution in [3.63, 3.8) is 0 Å². The van der Waals surface area contributed by atoms with Gasteiger partial charge in [0.05, 0.1) is 10.5 Å². The number of non-ortho nitro benzene ring substituents is 1. The molecule has 0 saturated carbocycles. The van der Waals surface area contributed by atoms with Crippen molar-refractivity contribution in [1.82, 2.24) is 0 Å². The van der Waals surface area contributed by atoms with Crippen LogP contribution < -0.4 is 9.47 Å². The zero-order valence-electron chi connectivity index (χ0n) is 14.3. The summed E-state index contributed by atoms with van der Waals surface area (Å²) in [7, 11) is 0. The second-order valence-corrected chi connectivity index (χ2v) is 5.60. The van der Waals surface area contributed by atoms with Crippen LogP contribution in [0.1, 0.15) is 43.0 Å². The Bertz CT molecular complexity index is 768. The Labute approximate surface area is 150 Å². The van der Waals surface area contributed by atoms with Gasteiger partial charge in [0.25, 0.3) is 5.69 Å². The number of hydrogen-bond acceptors (Lipinski definition) is 6. The highest BCUT2D eigenvalue weighted by molar-refractivity contribution is 5.91. The minimum atomic E-state index is -0.611. The van der Waals surface area contributed by atoms with Gasteiger partial charge in [-0.3, -0.25) is 14.9 Å². The maximum Gasteiger partial charge on any atom is 0.343 e. The number of hydrogen-bond donors (Lipinski definition) is 0. The Morgan fingerprint density at radius 2 is 1.50 bits per heavy atom. The minimum absolute atomic E-state index is 0.0881. The smallest absolute Gasteiger partial charge is 0.343 e. The molecule has 2 rings (SSSR count). The van der Waals surface area contributed by atoms with Gasteiger partial charge >= 0.3 is 11.9 Å². The van der Waals surface area contributed by atoms with Gasteiger partial charge in [-0.15, -0.1) is 0 Å². The predicted molar refractivity (Wildman–Crippen MR) is 94.3 cm³/mol. The second-order valence-electron chi connectivity index (χ2n) is 5.60. The van der Waals surface area contributed by atoms with E-state index in [1.165, 1.54) is 48.5 Å². The molecule has 0 unspecified atom stereocenters. The van der Waals surface area contributed by atoms with Gasteiger partial charge in [0.1, 0.15) is 11.5 Å². The number of ether oxygens (including phenoxy) is 2. The Hall–Kier alpha value is -3.22. The monoisotopic (exact) mass is 357 g/mol. The molecule has 26 heavy (non-hydrogen) atoms. The average molecular weight is 357 g/mol. The van der Waals surface area contributed by atoms with Crippen LogP contribution in [-0.2, 0) is 4.79 Å². The largest absolute Gasteiger partial charge is 0.427 e. The predicted octanol–water partition coefficient (Wildman–Crippen LogP) is 4.30. The highest BCUT2D eigenvalue weighted by Crippen LogP contribution is 2.19. The number of benzene rings is 2. The first-order chi connectivity index (χ1) is 12.5. The van der Waals surface area contributed by atoms with Gasteiger partial charge in [-0.05, 0) is 42.8 Å². The summed E-state index contributed by atoms with van der Waals surface area (Å²) in [5.41, 5.74) is 0.184. The van der Waals surface area contributed by atoms with Crippen molar-refractivity contribution in [2.24, 2.45) is 0 Å². The normalized spacial score (nSPS) is 10.2. The molecule has 0 amide bonds. The lowest BCUT2D eigenvalue weighted by Gasteiger charge is -2.06. The highest BCUT2D eigenvalue weighted by Gasteiger charge is 2.11. The number of rotatable bonds is 8. The van der Waals surface area contributed by atoms with E-state index in [4.69, 9.17) is 9.47 Å². The lowest BCUT2D eigenvalue weighted by Crippen LogP contribution is -2.10. The van der Waals surface area contributed by atoms with E-state index >= 15 is 0 Å². The highest BCUT2D eigenvalue weighted by atomic mass is 16.6. The molecule has 0 aromatic heterocycles. The van der Waals surface area contributed by atoms with Crippen LogP contribution in [0.25, 0.3) is 0 Å². The summed E-state index contributed by atoms with van der Waals surface area (Å²) in [6, 6.07) is 11.2. The number of nitro groups is 1. The van der Waals surface area contributed by atoms with Gasteiger partial charge in [0.15, 0.2) is 0 Å². The van der Waals surface area contributed by atoms with E-state index in [-0.39, 0.29) is 23.0 Å². The molecule has 0 fully saturated rings. The lowest BCUT2D eigenvalue weighted by molar-refractivity contribution is -0.384. The van der Waals surface area contributed by atoms with Crippen LogP contribution in [0.15, 0.2) is 48.5 Å². The van der Waals surface area contributed by atoms with Crippen LogP contribution in [0.3, 0.4) is 0 Å². The fraction of sp³-hybridized carbons (Fsp3) is 0.263. The van der Waals surface area contributed by atoms with Gasteiger partial charge < -0.3 is 9.47 Å². The molecule has 0 bridgehead atoms. The van der Waals surface area contributed by atoms with Crippen molar-refractivity contribution < 1.29 is 24.0 Å². The maximum absolute atomic E-state index is 12.1. The topological polar surface area (TPSA) is 95.7 Å². The Morgan fingerprint density at radius 1 is 0.923 bits per heavy atom. The number of esters is 2. The van der Waals surface area contributed by atoms with E-state index in [1.807, 2.05) is 0 Å². The van der Waals surface area contributed by atoms with Crippen LogP contribution in [0.4, 0.5) is 5.69 Å². The van der Waals surface area contributed by atoms with Gasteiger partial charge in [-0.2, -0.15) is 0 Å². The second kappa shape index (κ2) is 9.31. The summed E-state index contributed by atoms with van der Waals surface area (Å²) in [6.07, 6.45) is 3.15. The van der Waals surface area contributed by atoms with E-state index in [0.29, 0.717) is 12.2 Å². The number of nitrogens with zero attached hydrogens (tertiary/aromatic N) is 1. The molecular weight excluding hydrogens is 338 g/mol. The SMILES string of the molecule is CCCCCC(=O)Oc1ccc(C(=O)Oc2ccc([N+](=O)[O-])cc2)cc1. The lowest BCUT2D eigenvalue weighted by atomic mass is 10.2. The zero-order chi connectivity index (χ0) is 18.9. The quantitative estimate of drug-likeness (QED) is 0.230. The number of unbranched alkanes of at least 4 members (excludes halogenated alkanes) is 2. The molecule has 0 radical (unpaired) electrons. The summed E-state index contributed by atoms with van der Waals surface area (Å²) in [6.45, 7) is 2.06. The fourth-order valence-corrected chi connectivity index (χ4v) is 2.16. The van der Waals surface area contributed by atoms with Gasteiger partial charge in [-0.1, -0.05) is 19.8 Å². The fourth-order valence-electron chi connectivity index (χ4n) is 2.16. The Kier molecular flexibility index (Phi) is 6.84. The van der Waals surface area contributed by atoms with Crippen LogP contribution in [-0.4, -0.2) is 16.9 Å². The summed E-state index contributed by atoms with van der Waals surface area (Å²) < 4.78 is 10.3. The van der Waals surface area contributed by atoms with Crippen molar-refractivity contribution in [2.45, 2.75) is 32.6 Å². The first kappa shape index (κ1) is 19.1. The van der Waals surface area contributed by atoms with E-state index in [2.05, 4.69) is 6.92 Å². The van der Waals surface area contributed by atoms with Crippen molar-refractivity contribution in [1.29, 1.82) is 0 Å². The number of carbonyl (C=O) groups excluding carboxylic acids is 2. The molecule has 0 atom stereocenters. The molecule has 0 N–H and O–H groups in total. The molecule has 0 spiro atoms. The van der Waals surface area contributed by atoms with Crippen LogP contribution >= 0.6 is 0 Å². The Balaban J connectivity index is 1.91. The van der Waals surface area contributed by atoms with Crippen molar-refractivity contribution in [2.75, 3.05) is 0 Å². The molecule has 7 heteroatoms. The third-order valence-corrected chi connectivity index (χ3v) is 3.56. The first-order valence-corrected chi connectivity index (χ1v) is 8.27. The van der Waals surface area contributed by atoms with Gasteiger partial charge in [0.2, 0.25) is 0 Å². The number of nitro benzene ring substituents is 1. The zero-order valence-corrected chi connectivity index (χ0v) is 14.3. The van der Waals surface area contributed by atoms with Crippen LogP contribution in [0.2, 0.25) is 0 Å². The molecule has 0 aliphatic heterocycles. The summed E-state index contributed by atoms with van der Waals surface area (Å²) in [5, 5.41) is 10.6. The minimum Gasteiger partial charge on any atom is -0.427 e. The third kappa shape index (κ3) is 5.70. The Morgan fingerprint density at radius 3 is 2.08 bits per heavy atom. The average Bonchev–Trinajstić information content (AvgIpc) is 2.63.